The zero-order chi connectivity index (χ0) is 22.4. The minimum absolute atomic E-state index is 0.00671. The monoisotopic (exact) mass is 444 g/mol. The van der Waals surface area contributed by atoms with Gasteiger partial charge in [-0.3, -0.25) is 4.79 Å². The molecule has 1 saturated carbocycles. The number of carbonyl (C=O) groups excluding carboxylic acids is 1. The van der Waals surface area contributed by atoms with Crippen molar-refractivity contribution in [1.29, 1.82) is 0 Å². The van der Waals surface area contributed by atoms with E-state index in [0.717, 1.165) is 35.9 Å². The van der Waals surface area contributed by atoms with Crippen molar-refractivity contribution in [2.75, 3.05) is 31.1 Å². The first-order chi connectivity index (χ1) is 16.1. The van der Waals surface area contributed by atoms with E-state index in [1.54, 1.807) is 13.1 Å². The first-order valence-corrected chi connectivity index (χ1v) is 12.3. The summed E-state index contributed by atoms with van der Waals surface area (Å²) in [6.45, 7) is 6.35. The Balaban J connectivity index is 1.16. The second-order valence-electron chi connectivity index (χ2n) is 10.2. The number of likely N-dealkylation sites (tertiary alicyclic amines) is 1. The molecule has 3 aliphatic rings. The van der Waals surface area contributed by atoms with Crippen molar-refractivity contribution in [1.82, 2.24) is 14.9 Å². The zero-order valence-electron chi connectivity index (χ0n) is 19.3. The molecule has 0 unspecified atom stereocenters. The first-order valence-electron chi connectivity index (χ1n) is 12.3. The number of carbonyl (C=O) groups is 1. The van der Waals surface area contributed by atoms with Crippen molar-refractivity contribution in [2.24, 2.45) is 5.41 Å². The summed E-state index contributed by atoms with van der Waals surface area (Å²) in [4.78, 5) is 25.0. The minimum atomic E-state index is 0.00671. The van der Waals surface area contributed by atoms with E-state index in [1.165, 1.54) is 51.6 Å². The van der Waals surface area contributed by atoms with Crippen molar-refractivity contribution < 1.29 is 9.53 Å². The van der Waals surface area contributed by atoms with Crippen molar-refractivity contribution in [3.63, 3.8) is 0 Å². The highest BCUT2D eigenvalue weighted by molar-refractivity contribution is 5.97. The highest BCUT2D eigenvalue weighted by Crippen LogP contribution is 2.52. The average Bonchev–Trinajstić information content (AvgIpc) is 3.49. The van der Waals surface area contributed by atoms with Gasteiger partial charge in [-0.1, -0.05) is 0 Å². The molecule has 6 heteroatoms. The SMILES string of the molecule is CC(=O)c1ccc(N2CCC3(CC2)CC(N2CCCC2)C3)cc1Oc1cnc2[nH]ccc2c1. The topological polar surface area (TPSA) is 61.5 Å². The third kappa shape index (κ3) is 3.90. The zero-order valence-corrected chi connectivity index (χ0v) is 19.3. The Kier molecular flexibility index (Phi) is 5.13. The van der Waals surface area contributed by atoms with Crippen LogP contribution in [0.25, 0.3) is 11.0 Å². The number of H-pyrrole nitrogens is 1. The van der Waals surface area contributed by atoms with Crippen LogP contribution in [0.2, 0.25) is 0 Å². The summed E-state index contributed by atoms with van der Waals surface area (Å²) >= 11 is 0. The van der Waals surface area contributed by atoms with Gasteiger partial charge in [0.15, 0.2) is 5.78 Å². The second-order valence-corrected chi connectivity index (χ2v) is 10.2. The summed E-state index contributed by atoms with van der Waals surface area (Å²) in [7, 11) is 0. The number of rotatable bonds is 5. The van der Waals surface area contributed by atoms with E-state index < -0.39 is 0 Å². The standard InChI is InChI=1S/C27H32N4O2/c1-19(32)24-5-4-21(15-25(24)33-23-14-20-6-9-28-26(20)29-18-23)31-12-7-27(8-13-31)16-22(17-27)30-10-2-3-11-30/h4-6,9,14-15,18,22H,2-3,7-8,10-13,16-17H2,1H3,(H,28,29). The normalized spacial score (nSPS) is 20.9. The Hall–Kier alpha value is -2.86. The molecule has 6 nitrogen and oxygen atoms in total. The number of nitrogens with zero attached hydrogens (tertiary/aromatic N) is 3. The summed E-state index contributed by atoms with van der Waals surface area (Å²) in [6, 6.07) is 10.8. The lowest BCUT2D eigenvalue weighted by atomic mass is 9.60. The van der Waals surface area contributed by atoms with Crippen molar-refractivity contribution in [3.8, 4) is 11.5 Å². The summed E-state index contributed by atoms with van der Waals surface area (Å²) < 4.78 is 6.19. The molecule has 172 valence electrons. The Bertz CT molecular complexity index is 1160. The maximum absolute atomic E-state index is 12.3. The van der Waals surface area contributed by atoms with Gasteiger partial charge in [-0.05, 0) is 88.2 Å². The van der Waals surface area contributed by atoms with Crippen molar-refractivity contribution in [2.45, 2.75) is 51.5 Å². The molecule has 1 spiro atoms. The lowest BCUT2D eigenvalue weighted by Gasteiger charge is -2.55. The van der Waals surface area contributed by atoms with Gasteiger partial charge in [0.2, 0.25) is 0 Å². The summed E-state index contributed by atoms with van der Waals surface area (Å²) in [5, 5.41) is 0.988. The number of hydrogen-bond donors (Lipinski definition) is 1. The summed E-state index contributed by atoms with van der Waals surface area (Å²) in [5.41, 5.74) is 3.12. The Labute approximate surface area is 194 Å². The maximum atomic E-state index is 12.3. The number of piperidine rings is 1. The number of pyridine rings is 1. The van der Waals surface area contributed by atoms with Crippen LogP contribution in [0.1, 0.15) is 55.8 Å². The van der Waals surface area contributed by atoms with Crippen molar-refractivity contribution >= 4 is 22.5 Å². The van der Waals surface area contributed by atoms with Crippen molar-refractivity contribution in [3.05, 3.63) is 48.3 Å². The van der Waals surface area contributed by atoms with E-state index in [-0.39, 0.29) is 5.78 Å². The molecule has 2 saturated heterocycles. The molecule has 1 aliphatic carbocycles. The fraction of sp³-hybridized carbons (Fsp3) is 0.481. The molecule has 1 aromatic carbocycles. The van der Waals surface area contributed by atoms with E-state index in [9.17, 15) is 4.79 Å². The number of anilines is 1. The van der Waals surface area contributed by atoms with E-state index >= 15 is 0 Å². The number of aromatic nitrogens is 2. The van der Waals surface area contributed by atoms with E-state index in [4.69, 9.17) is 4.74 Å². The van der Waals surface area contributed by atoms with Crippen LogP contribution in [0.4, 0.5) is 5.69 Å². The van der Waals surface area contributed by atoms with E-state index in [0.29, 0.717) is 22.5 Å². The molecule has 1 N–H and O–H groups in total. The van der Waals surface area contributed by atoms with Gasteiger partial charge in [0, 0.05) is 42.5 Å². The largest absolute Gasteiger partial charge is 0.455 e. The Morgan fingerprint density at radius 3 is 2.64 bits per heavy atom. The van der Waals surface area contributed by atoms with Gasteiger partial charge in [0.05, 0.1) is 11.8 Å². The molecular formula is C27H32N4O2. The van der Waals surface area contributed by atoms with Crippen LogP contribution in [0, 0.1) is 5.41 Å². The van der Waals surface area contributed by atoms with Crippen LogP contribution in [-0.4, -0.2) is 52.9 Å². The highest BCUT2D eigenvalue weighted by Gasteiger charge is 2.48. The molecule has 0 amide bonds. The van der Waals surface area contributed by atoms with Crippen LogP contribution in [0.3, 0.4) is 0 Å². The number of ketones is 1. The smallest absolute Gasteiger partial charge is 0.163 e. The fourth-order valence-corrected chi connectivity index (χ4v) is 6.14. The summed E-state index contributed by atoms with van der Waals surface area (Å²) in [6.07, 6.45) is 11.6. The molecule has 0 radical (unpaired) electrons. The van der Waals surface area contributed by atoms with Gasteiger partial charge in [-0.15, -0.1) is 0 Å². The van der Waals surface area contributed by atoms with Crippen LogP contribution in [-0.2, 0) is 0 Å². The lowest BCUT2D eigenvalue weighted by Crippen LogP contribution is -2.54. The molecule has 2 aromatic heterocycles. The van der Waals surface area contributed by atoms with Gasteiger partial charge in [0.25, 0.3) is 0 Å². The van der Waals surface area contributed by atoms with Crippen LogP contribution in [0.5, 0.6) is 11.5 Å². The fourth-order valence-electron chi connectivity index (χ4n) is 6.14. The number of aromatic amines is 1. The van der Waals surface area contributed by atoms with Gasteiger partial charge in [-0.25, -0.2) is 4.98 Å². The second kappa shape index (κ2) is 8.17. The number of benzene rings is 1. The lowest BCUT2D eigenvalue weighted by molar-refractivity contribution is -0.00645. The summed E-state index contributed by atoms with van der Waals surface area (Å²) in [5.74, 6) is 1.25. The number of ether oxygens (including phenoxy) is 1. The van der Waals surface area contributed by atoms with Crippen LogP contribution in [0.15, 0.2) is 42.7 Å². The molecule has 3 fully saturated rings. The quantitative estimate of drug-likeness (QED) is 0.534. The molecule has 33 heavy (non-hydrogen) atoms. The predicted octanol–water partition coefficient (Wildman–Crippen LogP) is 5.40. The first kappa shape index (κ1) is 20.7. The van der Waals surface area contributed by atoms with E-state index in [1.807, 2.05) is 30.5 Å². The van der Waals surface area contributed by atoms with Gasteiger partial charge in [0.1, 0.15) is 17.1 Å². The molecule has 0 bridgehead atoms. The molecule has 6 rings (SSSR count). The molecule has 0 atom stereocenters. The molecule has 3 aromatic rings. The number of Topliss-reactive ketones (excluding diaryl/α,β-unsaturated/α-hetero) is 1. The van der Waals surface area contributed by atoms with Gasteiger partial charge in [-0.2, -0.15) is 0 Å². The third-order valence-electron chi connectivity index (χ3n) is 8.13. The van der Waals surface area contributed by atoms with Gasteiger partial charge >= 0.3 is 0 Å². The molecule has 2 aliphatic heterocycles. The number of fused-ring (bicyclic) bond motifs is 1. The molecular weight excluding hydrogens is 412 g/mol. The highest BCUT2D eigenvalue weighted by atomic mass is 16.5. The van der Waals surface area contributed by atoms with E-state index in [2.05, 4.69) is 25.8 Å². The minimum Gasteiger partial charge on any atom is -0.455 e. The Morgan fingerprint density at radius 1 is 1.09 bits per heavy atom. The number of nitrogens with one attached hydrogen (secondary N) is 1. The maximum Gasteiger partial charge on any atom is 0.163 e. The van der Waals surface area contributed by atoms with Crippen LogP contribution >= 0.6 is 0 Å². The van der Waals surface area contributed by atoms with Crippen LogP contribution < -0.4 is 9.64 Å². The number of hydrogen-bond acceptors (Lipinski definition) is 5. The van der Waals surface area contributed by atoms with Gasteiger partial charge < -0.3 is 19.5 Å². The predicted molar refractivity (Wildman–Crippen MR) is 130 cm³/mol. The Morgan fingerprint density at radius 2 is 1.88 bits per heavy atom. The average molecular weight is 445 g/mol. The third-order valence-corrected chi connectivity index (χ3v) is 8.13. The molecule has 4 heterocycles.